The van der Waals surface area contributed by atoms with E-state index in [1.165, 1.54) is 4.31 Å². The van der Waals surface area contributed by atoms with Gasteiger partial charge in [-0.25, -0.2) is 12.7 Å². The van der Waals surface area contributed by atoms with E-state index in [1.54, 1.807) is 32.4 Å². The Bertz CT molecular complexity index is 831. The van der Waals surface area contributed by atoms with Crippen molar-refractivity contribution < 1.29 is 13.5 Å². The number of fused-ring (bicyclic) bond motifs is 1. The van der Waals surface area contributed by atoms with Crippen LogP contribution in [0.25, 0.3) is 10.1 Å². The lowest BCUT2D eigenvalue weighted by molar-refractivity contribution is 0.184. The minimum Gasteiger partial charge on any atom is -0.386 e. The normalized spacial score (nSPS) is 13.9. The zero-order valence-electron chi connectivity index (χ0n) is 16.0. The first kappa shape index (κ1) is 21.6. The van der Waals surface area contributed by atoms with E-state index < -0.39 is 16.1 Å². The summed E-state index contributed by atoms with van der Waals surface area (Å²) in [6.07, 6.45) is 0.0387. The molecule has 0 spiro atoms. The molecule has 0 aliphatic heterocycles. The molecule has 1 atom stereocenters. The summed E-state index contributed by atoms with van der Waals surface area (Å²) in [5, 5.41) is 17.8. The number of aliphatic hydroxyl groups is 1. The van der Waals surface area contributed by atoms with Crippen LogP contribution in [0.2, 0.25) is 0 Å². The van der Waals surface area contributed by atoms with Gasteiger partial charge in [0.25, 0.3) is 0 Å². The van der Waals surface area contributed by atoms with E-state index in [1.807, 2.05) is 30.3 Å². The fourth-order valence-electron chi connectivity index (χ4n) is 2.55. The first-order valence-electron chi connectivity index (χ1n) is 8.92. The average Bonchev–Trinajstić information content (AvgIpc) is 3.11. The lowest BCUT2D eigenvalue weighted by Gasteiger charge is -2.17. The van der Waals surface area contributed by atoms with Crippen LogP contribution in [-0.2, 0) is 10.0 Å². The second-order valence-electron chi connectivity index (χ2n) is 6.16. The first-order chi connectivity index (χ1) is 12.9. The lowest BCUT2D eigenvalue weighted by Crippen LogP contribution is -2.40. The highest BCUT2D eigenvalue weighted by atomic mass is 32.2. The van der Waals surface area contributed by atoms with Gasteiger partial charge in [-0.3, -0.25) is 4.99 Å². The van der Waals surface area contributed by atoms with Crippen molar-refractivity contribution in [2.75, 3.05) is 39.5 Å². The molecule has 1 heterocycles. The molecule has 2 rings (SSSR count). The monoisotopic (exact) mass is 412 g/mol. The zero-order chi connectivity index (χ0) is 19.9. The minimum atomic E-state index is -3.14. The molecule has 0 amide bonds. The smallest absolute Gasteiger partial charge is 0.213 e. The number of sulfonamides is 1. The Morgan fingerprint density at radius 3 is 2.74 bits per heavy atom. The molecule has 0 aliphatic rings. The van der Waals surface area contributed by atoms with Gasteiger partial charge in [0.15, 0.2) is 5.96 Å². The van der Waals surface area contributed by atoms with Gasteiger partial charge in [0.1, 0.15) is 6.10 Å². The van der Waals surface area contributed by atoms with Crippen LogP contribution >= 0.6 is 11.3 Å². The number of hydrogen-bond donors (Lipinski definition) is 3. The first-order valence-corrected chi connectivity index (χ1v) is 11.3. The standard InChI is InChI=1S/C18H28N4O3S2/c1-4-27(24,25)22(3)11-7-10-20-18(19-2)21-13-15(23)17-12-14-8-5-6-9-16(14)26-17/h5-6,8-9,12,15,23H,4,7,10-11,13H2,1-3H3,(H2,19,20,21). The predicted molar refractivity (Wildman–Crippen MR) is 113 cm³/mol. The highest BCUT2D eigenvalue weighted by Gasteiger charge is 2.14. The van der Waals surface area contributed by atoms with E-state index in [2.05, 4.69) is 15.6 Å². The quantitative estimate of drug-likeness (QED) is 0.332. The lowest BCUT2D eigenvalue weighted by atomic mass is 10.2. The van der Waals surface area contributed by atoms with Crippen molar-refractivity contribution in [3.8, 4) is 0 Å². The van der Waals surface area contributed by atoms with E-state index in [0.29, 0.717) is 32.0 Å². The summed E-state index contributed by atoms with van der Waals surface area (Å²) in [4.78, 5) is 5.04. The second-order valence-corrected chi connectivity index (χ2v) is 9.64. The third-order valence-electron chi connectivity index (χ3n) is 4.24. The average molecular weight is 413 g/mol. The molecule has 1 unspecified atom stereocenters. The molecule has 0 aliphatic carbocycles. The maximum absolute atomic E-state index is 11.7. The number of benzene rings is 1. The Morgan fingerprint density at radius 2 is 2.07 bits per heavy atom. The molecular formula is C18H28N4O3S2. The van der Waals surface area contributed by atoms with E-state index >= 15 is 0 Å². The fraction of sp³-hybridized carbons (Fsp3) is 0.500. The fourth-order valence-corrected chi connectivity index (χ4v) is 4.45. The van der Waals surface area contributed by atoms with Crippen LogP contribution in [0.3, 0.4) is 0 Å². The highest BCUT2D eigenvalue weighted by molar-refractivity contribution is 7.89. The number of hydrogen-bond acceptors (Lipinski definition) is 5. The number of thiophene rings is 1. The van der Waals surface area contributed by atoms with Crippen molar-refractivity contribution in [1.29, 1.82) is 0 Å². The van der Waals surface area contributed by atoms with Gasteiger partial charge in [0.05, 0.1) is 5.75 Å². The molecule has 9 heteroatoms. The third-order valence-corrected chi connectivity index (χ3v) is 7.32. The zero-order valence-corrected chi connectivity index (χ0v) is 17.6. The van der Waals surface area contributed by atoms with Crippen LogP contribution in [0.1, 0.15) is 24.3 Å². The van der Waals surface area contributed by atoms with Gasteiger partial charge in [-0.15, -0.1) is 11.3 Å². The number of guanidine groups is 1. The van der Waals surface area contributed by atoms with Gasteiger partial charge in [-0.05, 0) is 30.9 Å². The summed E-state index contributed by atoms with van der Waals surface area (Å²) in [5.74, 6) is 0.687. The molecule has 1 aromatic heterocycles. The topological polar surface area (TPSA) is 94.0 Å². The summed E-state index contributed by atoms with van der Waals surface area (Å²) in [7, 11) is 0.112. The SMILES string of the molecule is CCS(=O)(=O)N(C)CCCNC(=NC)NCC(O)c1cc2ccccc2s1. The summed E-state index contributed by atoms with van der Waals surface area (Å²) in [5.41, 5.74) is 0. The molecule has 0 bridgehead atoms. The number of nitrogens with one attached hydrogen (secondary N) is 2. The Labute approximate surface area is 165 Å². The van der Waals surface area contributed by atoms with Gasteiger partial charge in [-0.2, -0.15) is 0 Å². The Hall–Kier alpha value is -1.68. The van der Waals surface area contributed by atoms with Crippen LogP contribution in [0, 0.1) is 0 Å². The van der Waals surface area contributed by atoms with E-state index in [-0.39, 0.29) is 5.75 Å². The highest BCUT2D eigenvalue weighted by Crippen LogP contribution is 2.29. The molecule has 0 saturated carbocycles. The van der Waals surface area contributed by atoms with Gasteiger partial charge in [0, 0.05) is 43.3 Å². The summed E-state index contributed by atoms with van der Waals surface area (Å²) < 4.78 is 25.9. The van der Waals surface area contributed by atoms with Crippen LogP contribution in [0.5, 0.6) is 0 Å². The number of aliphatic imine (C=N–C) groups is 1. The Balaban J connectivity index is 1.76. The predicted octanol–water partition coefficient (Wildman–Crippen LogP) is 1.77. The summed E-state index contributed by atoms with van der Waals surface area (Å²) >= 11 is 1.58. The van der Waals surface area contributed by atoms with Gasteiger partial charge in [-0.1, -0.05) is 18.2 Å². The molecule has 150 valence electrons. The molecule has 1 aromatic carbocycles. The number of aliphatic hydroxyl groups excluding tert-OH is 1. The maximum Gasteiger partial charge on any atom is 0.213 e. The summed E-state index contributed by atoms with van der Waals surface area (Å²) in [6, 6.07) is 10.1. The van der Waals surface area contributed by atoms with E-state index in [4.69, 9.17) is 0 Å². The molecule has 7 nitrogen and oxygen atoms in total. The molecule has 2 aromatic rings. The van der Waals surface area contributed by atoms with Crippen molar-refractivity contribution in [2.45, 2.75) is 19.4 Å². The van der Waals surface area contributed by atoms with Crippen LogP contribution in [0.4, 0.5) is 0 Å². The van der Waals surface area contributed by atoms with Gasteiger partial charge < -0.3 is 15.7 Å². The van der Waals surface area contributed by atoms with Crippen molar-refractivity contribution in [3.63, 3.8) is 0 Å². The molecule has 3 N–H and O–H groups in total. The van der Waals surface area contributed by atoms with E-state index in [0.717, 1.165) is 15.0 Å². The van der Waals surface area contributed by atoms with Crippen LogP contribution in [0.15, 0.2) is 35.3 Å². The Morgan fingerprint density at radius 1 is 1.33 bits per heavy atom. The molecular weight excluding hydrogens is 384 g/mol. The molecule has 0 saturated heterocycles. The van der Waals surface area contributed by atoms with Gasteiger partial charge in [0.2, 0.25) is 10.0 Å². The van der Waals surface area contributed by atoms with Crippen molar-refractivity contribution in [2.24, 2.45) is 4.99 Å². The van der Waals surface area contributed by atoms with Crippen molar-refractivity contribution >= 4 is 37.4 Å². The third kappa shape index (κ3) is 6.17. The second kappa shape index (κ2) is 10.0. The molecule has 27 heavy (non-hydrogen) atoms. The molecule has 0 radical (unpaired) electrons. The molecule has 0 fully saturated rings. The van der Waals surface area contributed by atoms with Gasteiger partial charge >= 0.3 is 0 Å². The van der Waals surface area contributed by atoms with Crippen molar-refractivity contribution in [1.82, 2.24) is 14.9 Å². The largest absolute Gasteiger partial charge is 0.386 e. The van der Waals surface area contributed by atoms with Crippen LogP contribution in [-0.4, -0.2) is 63.3 Å². The number of rotatable bonds is 9. The maximum atomic E-state index is 11.7. The number of nitrogens with zero attached hydrogens (tertiary/aromatic N) is 2. The van der Waals surface area contributed by atoms with E-state index in [9.17, 15) is 13.5 Å². The minimum absolute atomic E-state index is 0.107. The van der Waals surface area contributed by atoms with Crippen LogP contribution < -0.4 is 10.6 Å². The van der Waals surface area contributed by atoms with Crippen molar-refractivity contribution in [3.05, 3.63) is 35.2 Å². The Kier molecular flexibility index (Phi) is 8.03. The summed E-state index contributed by atoms with van der Waals surface area (Å²) in [6.45, 7) is 3.02.